The molecule has 210 valence electrons. The van der Waals surface area contributed by atoms with Gasteiger partial charge in [0.1, 0.15) is 10.7 Å². The van der Waals surface area contributed by atoms with Gasteiger partial charge < -0.3 is 9.64 Å². The second-order valence-corrected chi connectivity index (χ2v) is 14.1. The molecule has 5 rings (SSSR count). The first-order valence-corrected chi connectivity index (χ1v) is 14.8. The van der Waals surface area contributed by atoms with Crippen LogP contribution in [0.5, 0.6) is 5.88 Å². The van der Waals surface area contributed by atoms with Gasteiger partial charge in [0.05, 0.1) is 17.9 Å². The van der Waals surface area contributed by atoms with Gasteiger partial charge in [-0.2, -0.15) is 5.10 Å². The Hall–Kier alpha value is -3.41. The monoisotopic (exact) mass is 555 g/mol. The molecule has 1 saturated heterocycles. The Morgan fingerprint density at radius 2 is 1.95 bits per heavy atom. The Morgan fingerprint density at radius 3 is 2.69 bits per heavy atom. The van der Waals surface area contributed by atoms with Gasteiger partial charge in [0.2, 0.25) is 5.88 Å². The predicted octanol–water partition coefficient (Wildman–Crippen LogP) is 3.71. The van der Waals surface area contributed by atoms with Crippen molar-refractivity contribution in [2.75, 3.05) is 18.1 Å². The fourth-order valence-electron chi connectivity index (χ4n) is 5.36. The molecule has 2 aliphatic heterocycles. The van der Waals surface area contributed by atoms with Crippen LogP contribution in [0, 0.1) is 18.3 Å². The zero-order valence-electron chi connectivity index (χ0n) is 23.4. The summed E-state index contributed by atoms with van der Waals surface area (Å²) in [6.45, 7) is 14.0. The second kappa shape index (κ2) is 9.65. The molecule has 5 heterocycles. The summed E-state index contributed by atoms with van der Waals surface area (Å²) in [5, 5.41) is 8.90. The quantitative estimate of drug-likeness (QED) is 0.519. The van der Waals surface area contributed by atoms with Crippen molar-refractivity contribution in [3.05, 3.63) is 41.9 Å². The molecule has 39 heavy (non-hydrogen) atoms. The number of fused-ring (bicyclic) bond motifs is 6. The smallest absolute Gasteiger partial charge is 0.268 e. The van der Waals surface area contributed by atoms with Crippen LogP contribution < -0.4 is 14.4 Å². The Kier molecular flexibility index (Phi) is 6.72. The lowest BCUT2D eigenvalue weighted by molar-refractivity contribution is 0.0981. The first-order valence-electron chi connectivity index (χ1n) is 13.3. The van der Waals surface area contributed by atoms with E-state index in [4.69, 9.17) is 9.72 Å². The number of rotatable bonds is 3. The van der Waals surface area contributed by atoms with Crippen molar-refractivity contribution in [2.24, 2.45) is 11.3 Å². The van der Waals surface area contributed by atoms with Gasteiger partial charge in [-0.3, -0.25) is 9.48 Å². The number of nitrogens with one attached hydrogen (secondary N) is 1. The van der Waals surface area contributed by atoms with E-state index >= 15 is 0 Å². The largest absolute Gasteiger partial charge is 0.476 e. The number of pyridine rings is 1. The lowest BCUT2D eigenvalue weighted by Gasteiger charge is -2.34. The molecular formula is C27H37N7O4S. The van der Waals surface area contributed by atoms with Crippen LogP contribution in [0.1, 0.15) is 69.9 Å². The third-order valence-corrected chi connectivity index (χ3v) is 8.62. The first-order chi connectivity index (χ1) is 18.2. The van der Waals surface area contributed by atoms with Gasteiger partial charge in [0.15, 0.2) is 5.82 Å². The minimum Gasteiger partial charge on any atom is -0.476 e. The number of aromatic nitrogens is 5. The molecule has 0 spiro atoms. The molecule has 11 nitrogen and oxygen atoms in total. The molecule has 1 unspecified atom stereocenters. The molecular weight excluding hydrogens is 518 g/mol. The summed E-state index contributed by atoms with van der Waals surface area (Å²) >= 11 is 0. The molecule has 2 aliphatic rings. The van der Waals surface area contributed by atoms with Crippen molar-refractivity contribution in [3.8, 4) is 11.7 Å². The van der Waals surface area contributed by atoms with E-state index in [-0.39, 0.29) is 21.4 Å². The van der Waals surface area contributed by atoms with Crippen LogP contribution in [0.2, 0.25) is 0 Å². The molecule has 12 heteroatoms. The predicted molar refractivity (Wildman–Crippen MR) is 147 cm³/mol. The molecule has 3 aromatic rings. The fraction of sp³-hybridized carbons (Fsp3) is 0.556. The van der Waals surface area contributed by atoms with E-state index in [1.165, 1.54) is 6.20 Å². The van der Waals surface area contributed by atoms with Crippen LogP contribution in [0.25, 0.3) is 5.82 Å². The topological polar surface area (TPSA) is 124 Å². The minimum atomic E-state index is -4.13. The molecule has 3 aromatic heterocycles. The number of nitrogens with zero attached hydrogens (tertiary/aromatic N) is 6. The number of carbonyl (C=O) groups is 1. The lowest BCUT2D eigenvalue weighted by atomic mass is 9.93. The van der Waals surface area contributed by atoms with E-state index in [1.54, 1.807) is 40.7 Å². The van der Waals surface area contributed by atoms with Gasteiger partial charge in [-0.05, 0) is 63.5 Å². The second-order valence-electron chi connectivity index (χ2n) is 12.4. The van der Waals surface area contributed by atoms with E-state index in [0.717, 1.165) is 19.3 Å². The summed E-state index contributed by atoms with van der Waals surface area (Å²) < 4.78 is 37.8. The van der Waals surface area contributed by atoms with Gasteiger partial charge in [-0.15, -0.1) is 5.10 Å². The molecule has 0 aliphatic carbocycles. The number of hydrogen-bond acceptors (Lipinski definition) is 8. The van der Waals surface area contributed by atoms with Crippen molar-refractivity contribution in [1.29, 1.82) is 0 Å². The van der Waals surface area contributed by atoms with E-state index in [1.807, 2.05) is 0 Å². The van der Waals surface area contributed by atoms with Crippen LogP contribution in [0.15, 0.2) is 35.5 Å². The molecule has 1 amide bonds. The maximum atomic E-state index is 13.5. The molecule has 0 saturated carbocycles. The average Bonchev–Trinajstić information content (AvgIpc) is 3.53. The Balaban J connectivity index is 1.56. The highest BCUT2D eigenvalue weighted by Crippen LogP contribution is 2.40. The lowest BCUT2D eigenvalue weighted by Crippen LogP contribution is -2.41. The van der Waals surface area contributed by atoms with E-state index in [2.05, 4.69) is 54.4 Å². The Labute approximate surface area is 229 Å². The van der Waals surface area contributed by atoms with Gasteiger partial charge in [-0.1, -0.05) is 20.8 Å². The molecule has 1 atom stereocenters. The average molecular weight is 556 g/mol. The molecule has 0 radical (unpaired) electrons. The normalized spacial score (nSPS) is 20.7. The molecule has 4 bridgehead atoms. The molecule has 1 N–H and O–H groups in total. The number of hydrogen-bond donors (Lipinski definition) is 1. The zero-order valence-corrected chi connectivity index (χ0v) is 24.2. The summed E-state index contributed by atoms with van der Waals surface area (Å²) in [5.74, 6) is 1.08. The number of ether oxygens (including phenoxy) is 1. The number of aryl methyl sites for hydroxylation is 2. The van der Waals surface area contributed by atoms with Crippen molar-refractivity contribution in [3.63, 3.8) is 0 Å². The van der Waals surface area contributed by atoms with Crippen molar-refractivity contribution < 1.29 is 17.9 Å². The number of carbonyl (C=O) groups excluding carboxylic acids is 1. The van der Waals surface area contributed by atoms with Crippen LogP contribution in [-0.2, 0) is 16.6 Å². The number of anilines is 1. The van der Waals surface area contributed by atoms with Crippen LogP contribution in [0.4, 0.5) is 5.82 Å². The van der Waals surface area contributed by atoms with E-state index in [0.29, 0.717) is 48.8 Å². The van der Waals surface area contributed by atoms with E-state index < -0.39 is 15.9 Å². The Bertz CT molecular complexity index is 1500. The maximum absolute atomic E-state index is 13.5. The summed E-state index contributed by atoms with van der Waals surface area (Å²) in [6.07, 6.45) is 6.01. The van der Waals surface area contributed by atoms with Gasteiger partial charge in [0, 0.05) is 37.1 Å². The van der Waals surface area contributed by atoms with Crippen molar-refractivity contribution >= 4 is 21.7 Å². The minimum absolute atomic E-state index is 0.00183. The number of sulfonamides is 1. The van der Waals surface area contributed by atoms with Gasteiger partial charge in [-0.25, -0.2) is 22.8 Å². The third kappa shape index (κ3) is 5.66. The fourth-order valence-corrected chi connectivity index (χ4v) is 6.51. The number of amides is 1. The summed E-state index contributed by atoms with van der Waals surface area (Å²) in [7, 11) is -4.13. The highest BCUT2D eigenvalue weighted by molar-refractivity contribution is 7.90. The van der Waals surface area contributed by atoms with Crippen LogP contribution in [0.3, 0.4) is 0 Å². The standard InChI is InChI=1S/C27H37N7O4S/c1-18-21-16-32(29-18)12-7-8-19-14-27(5,6)33(15-19)24-20(25(35)31-39(21,36)37)9-10-22(28-24)34-13-11-23(30-34)38-17-26(2,3)4/h9-11,13,16,19H,7-8,12,14-15,17H2,1-6H3,(H,31,35). The first kappa shape index (κ1) is 27.2. The molecule has 0 aromatic carbocycles. The van der Waals surface area contributed by atoms with Crippen LogP contribution >= 0.6 is 0 Å². The van der Waals surface area contributed by atoms with Crippen LogP contribution in [-0.4, -0.2) is 57.6 Å². The summed E-state index contributed by atoms with van der Waals surface area (Å²) in [6, 6.07) is 5.06. The highest BCUT2D eigenvalue weighted by Gasteiger charge is 2.41. The van der Waals surface area contributed by atoms with E-state index in [9.17, 15) is 13.2 Å². The van der Waals surface area contributed by atoms with Gasteiger partial charge >= 0.3 is 0 Å². The third-order valence-electron chi connectivity index (χ3n) is 7.19. The highest BCUT2D eigenvalue weighted by atomic mass is 32.2. The molecule has 1 fully saturated rings. The maximum Gasteiger partial charge on any atom is 0.268 e. The SMILES string of the molecule is Cc1nn2cc1S(=O)(=O)NC(=O)c1ccc(-n3ccc(OCC(C)(C)C)n3)nc1N1CC(CCC2)CC1(C)C. The van der Waals surface area contributed by atoms with Gasteiger partial charge in [0.25, 0.3) is 15.9 Å². The summed E-state index contributed by atoms with van der Waals surface area (Å²) in [4.78, 5) is 20.5. The summed E-state index contributed by atoms with van der Waals surface area (Å²) in [5.41, 5.74) is 0.243. The Morgan fingerprint density at radius 1 is 1.18 bits per heavy atom. The van der Waals surface area contributed by atoms with Crippen molar-refractivity contribution in [2.45, 2.75) is 77.8 Å². The zero-order chi connectivity index (χ0) is 28.2. The van der Waals surface area contributed by atoms with Crippen molar-refractivity contribution in [1.82, 2.24) is 29.3 Å².